The van der Waals surface area contributed by atoms with Crippen molar-refractivity contribution in [3.05, 3.63) is 82.9 Å². The Morgan fingerprint density at radius 1 is 0.920 bits per heavy atom. The van der Waals surface area contributed by atoms with Crippen LogP contribution in [0, 0.1) is 0 Å². The zero-order chi connectivity index (χ0) is 17.6. The molecule has 0 aliphatic rings. The first-order valence-corrected chi connectivity index (χ1v) is 8.17. The molecule has 0 aliphatic heterocycles. The van der Waals surface area contributed by atoms with Crippen LogP contribution in [0.15, 0.2) is 66.7 Å². The van der Waals surface area contributed by atoms with Crippen molar-refractivity contribution in [2.75, 3.05) is 6.54 Å². The second-order valence-electron chi connectivity index (χ2n) is 5.50. The minimum absolute atomic E-state index is 0.0738. The van der Waals surface area contributed by atoms with E-state index >= 15 is 0 Å². The smallest absolute Gasteiger partial charge is 0.325 e. The predicted molar refractivity (Wildman–Crippen MR) is 97.5 cm³/mol. The molecule has 0 aromatic heterocycles. The third-order valence-corrected chi connectivity index (χ3v) is 4.12. The molecule has 0 aliphatic carbocycles. The van der Waals surface area contributed by atoms with Gasteiger partial charge in [-0.3, -0.25) is 9.59 Å². The summed E-state index contributed by atoms with van der Waals surface area (Å²) >= 11 is 6.00. The highest BCUT2D eigenvalue weighted by Crippen LogP contribution is 2.16. The fourth-order valence-corrected chi connectivity index (χ4v) is 2.60. The van der Waals surface area contributed by atoms with Crippen LogP contribution in [-0.2, 0) is 16.1 Å². The van der Waals surface area contributed by atoms with E-state index in [0.29, 0.717) is 10.6 Å². The Balaban J connectivity index is 1.54. The van der Waals surface area contributed by atoms with Crippen molar-refractivity contribution >= 4 is 34.2 Å². The molecule has 3 rings (SSSR count). The quantitative estimate of drug-likeness (QED) is 0.706. The highest BCUT2D eigenvalue weighted by atomic mass is 35.5. The number of esters is 1. The molecule has 1 N–H and O–H groups in total. The third-order valence-electron chi connectivity index (χ3n) is 3.75. The maximum absolute atomic E-state index is 12.2. The summed E-state index contributed by atoms with van der Waals surface area (Å²) in [5, 5.41) is 5.13. The molecule has 126 valence electrons. The highest BCUT2D eigenvalue weighted by molar-refractivity contribution is 6.31. The van der Waals surface area contributed by atoms with Crippen molar-refractivity contribution in [1.29, 1.82) is 0 Å². The molecular formula is C20H16ClNO3. The van der Waals surface area contributed by atoms with E-state index < -0.39 is 5.97 Å². The first-order valence-electron chi connectivity index (χ1n) is 7.79. The molecule has 0 heterocycles. The minimum Gasteiger partial charge on any atom is -0.459 e. The summed E-state index contributed by atoms with van der Waals surface area (Å²) in [5.41, 5.74) is 1.22. The normalized spacial score (nSPS) is 10.4. The van der Waals surface area contributed by atoms with Crippen molar-refractivity contribution in [2.24, 2.45) is 0 Å². The van der Waals surface area contributed by atoms with Gasteiger partial charge in [-0.1, -0.05) is 60.1 Å². The number of carbonyl (C=O) groups excluding carboxylic acids is 2. The van der Waals surface area contributed by atoms with E-state index in [4.69, 9.17) is 16.3 Å². The molecule has 0 radical (unpaired) electrons. The fourth-order valence-electron chi connectivity index (χ4n) is 2.41. The molecule has 0 atom stereocenters. The van der Waals surface area contributed by atoms with Crippen LogP contribution in [-0.4, -0.2) is 18.4 Å². The lowest BCUT2D eigenvalue weighted by Crippen LogP contribution is -2.30. The first-order chi connectivity index (χ1) is 12.1. The second-order valence-corrected chi connectivity index (χ2v) is 5.90. The van der Waals surface area contributed by atoms with Gasteiger partial charge in [-0.05, 0) is 29.0 Å². The average molecular weight is 354 g/mol. The molecule has 0 spiro atoms. The van der Waals surface area contributed by atoms with Crippen molar-refractivity contribution in [3.8, 4) is 0 Å². The largest absolute Gasteiger partial charge is 0.459 e. The van der Waals surface area contributed by atoms with Crippen LogP contribution < -0.4 is 5.32 Å². The summed E-state index contributed by atoms with van der Waals surface area (Å²) in [7, 11) is 0. The zero-order valence-electron chi connectivity index (χ0n) is 13.4. The Labute approximate surface area is 150 Å². The summed E-state index contributed by atoms with van der Waals surface area (Å²) in [6, 6.07) is 20.3. The van der Waals surface area contributed by atoms with Gasteiger partial charge in [0.15, 0.2) is 0 Å². The van der Waals surface area contributed by atoms with Crippen LogP contribution in [0.25, 0.3) is 10.8 Å². The molecule has 0 saturated carbocycles. The number of ether oxygens (including phenoxy) is 1. The van der Waals surface area contributed by atoms with Crippen molar-refractivity contribution in [3.63, 3.8) is 0 Å². The Hall–Kier alpha value is -2.85. The molecule has 0 bridgehead atoms. The van der Waals surface area contributed by atoms with Crippen molar-refractivity contribution in [1.82, 2.24) is 5.32 Å². The molecule has 0 fully saturated rings. The monoisotopic (exact) mass is 353 g/mol. The van der Waals surface area contributed by atoms with E-state index in [1.165, 1.54) is 0 Å². The summed E-state index contributed by atoms with van der Waals surface area (Å²) < 4.78 is 5.13. The van der Waals surface area contributed by atoms with E-state index in [9.17, 15) is 9.59 Å². The van der Waals surface area contributed by atoms with Crippen LogP contribution in [0.4, 0.5) is 0 Å². The Kier molecular flexibility index (Phi) is 5.31. The van der Waals surface area contributed by atoms with Crippen molar-refractivity contribution in [2.45, 2.75) is 6.61 Å². The average Bonchev–Trinajstić information content (AvgIpc) is 2.65. The number of carbonyl (C=O) groups is 2. The van der Waals surface area contributed by atoms with Gasteiger partial charge in [0.05, 0.1) is 0 Å². The molecule has 0 saturated heterocycles. The van der Waals surface area contributed by atoms with Crippen molar-refractivity contribution < 1.29 is 14.3 Å². The van der Waals surface area contributed by atoms with E-state index in [0.717, 1.165) is 16.3 Å². The number of hydrogen-bond donors (Lipinski definition) is 1. The number of benzene rings is 3. The Morgan fingerprint density at radius 2 is 1.64 bits per heavy atom. The SMILES string of the molecule is O=C(CNC(=O)c1ccc2ccccc2c1)OCc1ccccc1Cl. The van der Waals surface area contributed by atoms with Crippen LogP contribution in [0.1, 0.15) is 15.9 Å². The Morgan fingerprint density at radius 3 is 2.44 bits per heavy atom. The lowest BCUT2D eigenvalue weighted by atomic mass is 10.1. The van der Waals surface area contributed by atoms with Gasteiger partial charge >= 0.3 is 5.97 Å². The van der Waals surface area contributed by atoms with Gasteiger partial charge in [-0.15, -0.1) is 0 Å². The van der Waals surface area contributed by atoms with Crippen LogP contribution in [0.3, 0.4) is 0 Å². The fraction of sp³-hybridized carbons (Fsp3) is 0.100. The van der Waals surface area contributed by atoms with Gasteiger partial charge in [-0.2, -0.15) is 0 Å². The van der Waals surface area contributed by atoms with Gasteiger partial charge in [0.1, 0.15) is 13.2 Å². The molecule has 4 nitrogen and oxygen atoms in total. The predicted octanol–water partition coefficient (Wildman–Crippen LogP) is 3.97. The van der Waals surface area contributed by atoms with E-state index in [1.807, 2.05) is 36.4 Å². The summed E-state index contributed by atoms with van der Waals surface area (Å²) in [6.07, 6.45) is 0. The van der Waals surface area contributed by atoms with Gasteiger partial charge < -0.3 is 10.1 Å². The lowest BCUT2D eigenvalue weighted by Gasteiger charge is -2.08. The number of fused-ring (bicyclic) bond motifs is 1. The zero-order valence-corrected chi connectivity index (χ0v) is 14.1. The van der Waals surface area contributed by atoms with Crippen LogP contribution in [0.5, 0.6) is 0 Å². The number of rotatable bonds is 5. The van der Waals surface area contributed by atoms with E-state index in [-0.39, 0.29) is 19.1 Å². The third kappa shape index (κ3) is 4.37. The van der Waals surface area contributed by atoms with Gasteiger partial charge in [0.25, 0.3) is 5.91 Å². The van der Waals surface area contributed by atoms with Gasteiger partial charge in [0, 0.05) is 16.1 Å². The number of amides is 1. The summed E-state index contributed by atoms with van der Waals surface area (Å²) in [4.78, 5) is 24.0. The molecule has 3 aromatic rings. The molecule has 25 heavy (non-hydrogen) atoms. The van der Waals surface area contributed by atoms with E-state index in [1.54, 1.807) is 30.3 Å². The number of halogens is 1. The maximum Gasteiger partial charge on any atom is 0.325 e. The molecule has 0 unspecified atom stereocenters. The topological polar surface area (TPSA) is 55.4 Å². The minimum atomic E-state index is -0.519. The van der Waals surface area contributed by atoms with Gasteiger partial charge in [-0.25, -0.2) is 0 Å². The summed E-state index contributed by atoms with van der Waals surface area (Å²) in [5.74, 6) is -0.838. The highest BCUT2D eigenvalue weighted by Gasteiger charge is 2.10. The second kappa shape index (κ2) is 7.81. The number of hydrogen-bond acceptors (Lipinski definition) is 3. The summed E-state index contributed by atoms with van der Waals surface area (Å²) in [6.45, 7) is -0.125. The standard InChI is InChI=1S/C20H16ClNO3/c21-18-8-4-3-7-17(18)13-25-19(23)12-22-20(24)16-10-9-14-5-1-2-6-15(14)11-16/h1-11H,12-13H2,(H,22,24). The molecule has 1 amide bonds. The van der Waals surface area contributed by atoms with Crippen LogP contribution >= 0.6 is 11.6 Å². The van der Waals surface area contributed by atoms with Gasteiger partial charge in [0.2, 0.25) is 0 Å². The molecule has 5 heteroatoms. The lowest BCUT2D eigenvalue weighted by molar-refractivity contribution is -0.143. The van der Waals surface area contributed by atoms with Crippen LogP contribution in [0.2, 0.25) is 5.02 Å². The molecular weight excluding hydrogens is 338 g/mol. The van der Waals surface area contributed by atoms with E-state index in [2.05, 4.69) is 5.32 Å². The maximum atomic E-state index is 12.2. The number of nitrogens with one attached hydrogen (secondary N) is 1. The molecule has 3 aromatic carbocycles. The first kappa shape index (κ1) is 17.0. The Bertz CT molecular complexity index is 923.